The molecule has 0 aliphatic rings. The van der Waals surface area contributed by atoms with Gasteiger partial charge in [0.1, 0.15) is 0 Å². The van der Waals surface area contributed by atoms with Gasteiger partial charge in [-0.05, 0) is 23.0 Å². The molecule has 0 unspecified atom stereocenters. The smallest absolute Gasteiger partial charge is 0.253 e. The van der Waals surface area contributed by atoms with Gasteiger partial charge in [0.2, 0.25) is 0 Å². The summed E-state index contributed by atoms with van der Waals surface area (Å²) in [5, 5.41) is 2.53. The summed E-state index contributed by atoms with van der Waals surface area (Å²) >= 11 is 0. The van der Waals surface area contributed by atoms with E-state index in [4.69, 9.17) is 10.8 Å². The first kappa shape index (κ1) is 14.3. The Labute approximate surface area is 122 Å². The lowest BCUT2D eigenvalue weighted by Crippen LogP contribution is -2.58. The van der Waals surface area contributed by atoms with Crippen molar-refractivity contribution in [3.8, 4) is 12.3 Å². The molecule has 0 atom stereocenters. The van der Waals surface area contributed by atoms with E-state index in [0.29, 0.717) is 6.61 Å². The SMILES string of the molecule is C#CC=CCO[Si](C)(c1ccccc1)c1ccccc1. The van der Waals surface area contributed by atoms with Crippen LogP contribution >= 0.6 is 0 Å². The second-order valence-corrected chi connectivity index (χ2v) is 8.16. The minimum atomic E-state index is -2.17. The zero-order chi connectivity index (χ0) is 14.3. The quantitative estimate of drug-likeness (QED) is 0.603. The highest BCUT2D eigenvalue weighted by molar-refractivity contribution is 6.96. The van der Waals surface area contributed by atoms with Crippen LogP contribution in [0.2, 0.25) is 6.55 Å². The van der Waals surface area contributed by atoms with Crippen molar-refractivity contribution >= 4 is 18.7 Å². The first-order valence-electron chi connectivity index (χ1n) is 6.63. The highest BCUT2D eigenvalue weighted by atomic mass is 28.4. The molecule has 0 fully saturated rings. The van der Waals surface area contributed by atoms with Gasteiger partial charge in [-0.2, -0.15) is 0 Å². The van der Waals surface area contributed by atoms with E-state index in [1.807, 2.05) is 18.2 Å². The monoisotopic (exact) mass is 278 g/mol. The van der Waals surface area contributed by atoms with Crippen molar-refractivity contribution in [2.45, 2.75) is 6.55 Å². The van der Waals surface area contributed by atoms with Gasteiger partial charge in [0.25, 0.3) is 8.32 Å². The Morgan fingerprint density at radius 3 is 1.95 bits per heavy atom. The van der Waals surface area contributed by atoms with Crippen LogP contribution in [0, 0.1) is 12.3 Å². The van der Waals surface area contributed by atoms with Gasteiger partial charge in [-0.15, -0.1) is 6.42 Å². The average Bonchev–Trinajstić information content (AvgIpc) is 2.53. The van der Waals surface area contributed by atoms with Gasteiger partial charge < -0.3 is 4.43 Å². The molecule has 2 aromatic rings. The van der Waals surface area contributed by atoms with E-state index in [1.165, 1.54) is 10.4 Å². The lowest BCUT2D eigenvalue weighted by molar-refractivity contribution is 0.367. The summed E-state index contributed by atoms with van der Waals surface area (Å²) in [5.74, 6) is 2.49. The number of hydrogen-bond donors (Lipinski definition) is 0. The zero-order valence-corrected chi connectivity index (χ0v) is 12.6. The maximum Gasteiger partial charge on any atom is 0.253 e. The number of rotatable bonds is 5. The molecule has 1 nitrogen and oxygen atoms in total. The first-order valence-corrected chi connectivity index (χ1v) is 9.04. The van der Waals surface area contributed by atoms with Crippen molar-refractivity contribution in [1.29, 1.82) is 0 Å². The van der Waals surface area contributed by atoms with Crippen molar-refractivity contribution in [2.24, 2.45) is 0 Å². The topological polar surface area (TPSA) is 9.23 Å². The Balaban J connectivity index is 2.34. The van der Waals surface area contributed by atoms with Gasteiger partial charge in [0.15, 0.2) is 0 Å². The number of terminal acetylenes is 1. The average molecular weight is 278 g/mol. The summed E-state index contributed by atoms with van der Waals surface area (Å²) in [5.41, 5.74) is 0. The van der Waals surface area contributed by atoms with Crippen LogP contribution in [0.25, 0.3) is 0 Å². The molecule has 0 saturated carbocycles. The maximum atomic E-state index is 6.26. The molecule has 0 spiro atoms. The van der Waals surface area contributed by atoms with E-state index >= 15 is 0 Å². The molecule has 2 heteroatoms. The second kappa shape index (κ2) is 6.90. The molecular weight excluding hydrogens is 260 g/mol. The summed E-state index contributed by atoms with van der Waals surface area (Å²) in [7, 11) is -2.17. The Bertz CT molecular complexity index is 557. The Morgan fingerprint density at radius 2 is 1.50 bits per heavy atom. The predicted molar refractivity (Wildman–Crippen MR) is 87.7 cm³/mol. The molecule has 0 amide bonds. The van der Waals surface area contributed by atoms with E-state index in [2.05, 4.69) is 61.0 Å². The van der Waals surface area contributed by atoms with Crippen molar-refractivity contribution < 1.29 is 4.43 Å². The standard InChI is InChI=1S/C18H18OSi/c1-3-4-11-16-19-20(2,17-12-7-5-8-13-17)18-14-9-6-10-15-18/h1,4-15H,16H2,2H3. The van der Waals surface area contributed by atoms with Gasteiger partial charge >= 0.3 is 0 Å². The number of benzene rings is 2. The van der Waals surface area contributed by atoms with Crippen molar-refractivity contribution in [3.63, 3.8) is 0 Å². The van der Waals surface area contributed by atoms with Crippen molar-refractivity contribution in [3.05, 3.63) is 72.8 Å². The van der Waals surface area contributed by atoms with Gasteiger partial charge in [-0.25, -0.2) is 0 Å². The zero-order valence-electron chi connectivity index (χ0n) is 11.6. The molecule has 0 aliphatic heterocycles. The largest absolute Gasteiger partial charge is 0.404 e. The van der Waals surface area contributed by atoms with Crippen LogP contribution in [0.5, 0.6) is 0 Å². The van der Waals surface area contributed by atoms with E-state index in [-0.39, 0.29) is 0 Å². The number of allylic oxidation sites excluding steroid dienone is 1. The van der Waals surface area contributed by atoms with Crippen LogP contribution in [0.3, 0.4) is 0 Å². The molecule has 0 heterocycles. The Hall–Kier alpha value is -2.08. The second-order valence-electron chi connectivity index (χ2n) is 4.65. The van der Waals surface area contributed by atoms with Gasteiger partial charge in [-0.1, -0.05) is 72.7 Å². The molecular formula is C18H18OSi. The molecule has 2 aromatic carbocycles. The van der Waals surface area contributed by atoms with E-state index in [9.17, 15) is 0 Å². The van der Waals surface area contributed by atoms with Crippen LogP contribution < -0.4 is 10.4 Å². The molecule has 0 radical (unpaired) electrons. The molecule has 0 N–H and O–H groups in total. The van der Waals surface area contributed by atoms with Crippen molar-refractivity contribution in [1.82, 2.24) is 0 Å². The summed E-state index contributed by atoms with van der Waals surface area (Å²) in [6, 6.07) is 20.9. The van der Waals surface area contributed by atoms with E-state index < -0.39 is 8.32 Å². The molecule has 0 aromatic heterocycles. The third-order valence-electron chi connectivity index (χ3n) is 3.33. The van der Waals surface area contributed by atoms with Crippen LogP contribution in [0.15, 0.2) is 72.8 Å². The lowest BCUT2D eigenvalue weighted by atomic mass is 10.4. The summed E-state index contributed by atoms with van der Waals surface area (Å²) in [4.78, 5) is 0. The molecule has 20 heavy (non-hydrogen) atoms. The molecule has 2 rings (SSSR count). The van der Waals surface area contributed by atoms with Crippen LogP contribution in [-0.4, -0.2) is 14.9 Å². The van der Waals surface area contributed by atoms with Crippen molar-refractivity contribution in [2.75, 3.05) is 6.61 Å². The van der Waals surface area contributed by atoms with Gasteiger partial charge in [-0.3, -0.25) is 0 Å². The fourth-order valence-corrected chi connectivity index (χ4v) is 4.93. The van der Waals surface area contributed by atoms with Crippen LogP contribution in [0.4, 0.5) is 0 Å². The fraction of sp³-hybridized carbons (Fsp3) is 0.111. The normalized spacial score (nSPS) is 11.4. The van der Waals surface area contributed by atoms with Gasteiger partial charge in [0, 0.05) is 0 Å². The third kappa shape index (κ3) is 3.27. The van der Waals surface area contributed by atoms with E-state index in [1.54, 1.807) is 6.08 Å². The predicted octanol–water partition coefficient (Wildman–Crippen LogP) is 2.58. The van der Waals surface area contributed by atoms with Crippen LogP contribution in [-0.2, 0) is 4.43 Å². The highest BCUT2D eigenvalue weighted by Gasteiger charge is 2.33. The van der Waals surface area contributed by atoms with Gasteiger partial charge in [0.05, 0.1) is 6.61 Å². The minimum Gasteiger partial charge on any atom is -0.404 e. The highest BCUT2D eigenvalue weighted by Crippen LogP contribution is 2.07. The third-order valence-corrected chi connectivity index (χ3v) is 6.95. The Morgan fingerprint density at radius 1 is 1.00 bits per heavy atom. The molecule has 0 bridgehead atoms. The van der Waals surface area contributed by atoms with Crippen LogP contribution in [0.1, 0.15) is 0 Å². The first-order chi connectivity index (χ1) is 9.77. The summed E-state index contributed by atoms with van der Waals surface area (Å²) in [6.07, 6.45) is 8.79. The molecule has 0 aliphatic carbocycles. The number of hydrogen-bond acceptors (Lipinski definition) is 1. The fourth-order valence-electron chi connectivity index (χ4n) is 2.18. The summed E-state index contributed by atoms with van der Waals surface area (Å²) < 4.78 is 6.26. The molecule has 100 valence electrons. The molecule has 0 saturated heterocycles. The summed E-state index contributed by atoms with van der Waals surface area (Å²) in [6.45, 7) is 2.76. The Kier molecular flexibility index (Phi) is 4.95. The maximum absolute atomic E-state index is 6.26. The lowest BCUT2D eigenvalue weighted by Gasteiger charge is -2.28. The minimum absolute atomic E-state index is 0.538. The van der Waals surface area contributed by atoms with E-state index in [0.717, 1.165) is 0 Å².